The van der Waals surface area contributed by atoms with Crippen molar-refractivity contribution >= 4 is 5.91 Å². The molecule has 7 N–H and O–H groups in total. The summed E-state index contributed by atoms with van der Waals surface area (Å²) in [6.45, 7) is 4.76. The molecule has 5 rings (SSSR count). The van der Waals surface area contributed by atoms with Gasteiger partial charge in [0.1, 0.15) is 0 Å². The lowest BCUT2D eigenvalue weighted by atomic mass is 9.78. The highest BCUT2D eigenvalue weighted by molar-refractivity contribution is 5.79. The Morgan fingerprint density at radius 2 is 1.86 bits per heavy atom. The molecule has 5 fully saturated rings. The van der Waals surface area contributed by atoms with Crippen LogP contribution in [0.5, 0.6) is 0 Å². The summed E-state index contributed by atoms with van der Waals surface area (Å²) in [6.07, 6.45) is 11.2. The Morgan fingerprint density at radius 3 is 2.77 bits per heavy atom. The maximum atomic E-state index is 13.2. The quantitative estimate of drug-likeness (QED) is 0.362. The summed E-state index contributed by atoms with van der Waals surface area (Å²) in [5, 5.41) is 10.6. The summed E-state index contributed by atoms with van der Waals surface area (Å²) in [4.78, 5) is 15.5. The van der Waals surface area contributed by atoms with Crippen LogP contribution in [-0.4, -0.2) is 86.8 Å². The number of rotatable bonds is 6. The number of amides is 1. The topological polar surface area (TPSA) is 127 Å². The van der Waals surface area contributed by atoms with Gasteiger partial charge < -0.3 is 36.9 Å². The van der Waals surface area contributed by atoms with E-state index in [2.05, 4.69) is 20.9 Å². The molecule has 0 aromatic heterocycles. The van der Waals surface area contributed by atoms with Crippen LogP contribution < -0.4 is 27.4 Å². The van der Waals surface area contributed by atoms with Crippen LogP contribution in [0.2, 0.25) is 0 Å². The number of piperidine rings is 1. The molecule has 2 aliphatic carbocycles. The predicted molar refractivity (Wildman–Crippen MR) is 135 cm³/mol. The highest BCUT2D eigenvalue weighted by Gasteiger charge is 2.39. The molecule has 200 valence electrons. The largest absolute Gasteiger partial charge is 0.378 e. The van der Waals surface area contributed by atoms with E-state index in [-0.39, 0.29) is 36.3 Å². The predicted octanol–water partition coefficient (Wildman–Crippen LogP) is 0.479. The molecule has 2 saturated carbocycles. The Kier molecular flexibility index (Phi) is 8.97. The summed E-state index contributed by atoms with van der Waals surface area (Å²) in [6, 6.07) is 0.614. The van der Waals surface area contributed by atoms with Crippen molar-refractivity contribution in [2.45, 2.75) is 101 Å². The van der Waals surface area contributed by atoms with E-state index in [9.17, 15) is 4.79 Å². The van der Waals surface area contributed by atoms with Crippen LogP contribution >= 0.6 is 0 Å². The molecule has 5 aliphatic rings. The van der Waals surface area contributed by atoms with Crippen molar-refractivity contribution in [1.82, 2.24) is 20.9 Å². The fraction of sp³-hybridized carbons (Fsp3) is 0.962. The maximum absolute atomic E-state index is 13.2. The minimum atomic E-state index is -0.151. The second-order valence-corrected chi connectivity index (χ2v) is 11.6. The molecule has 0 spiro atoms. The van der Waals surface area contributed by atoms with Gasteiger partial charge in [0, 0.05) is 56.1 Å². The van der Waals surface area contributed by atoms with E-state index in [1.54, 1.807) is 0 Å². The zero-order valence-electron chi connectivity index (χ0n) is 21.3. The third-order valence-electron chi connectivity index (χ3n) is 9.43. The van der Waals surface area contributed by atoms with Gasteiger partial charge in [-0.15, -0.1) is 0 Å². The minimum absolute atomic E-state index is 0.0747. The van der Waals surface area contributed by atoms with Crippen molar-refractivity contribution in [3.05, 3.63) is 0 Å². The van der Waals surface area contributed by atoms with E-state index < -0.39 is 0 Å². The zero-order chi connectivity index (χ0) is 24.2. The second-order valence-electron chi connectivity index (χ2n) is 11.6. The number of carbonyl (C=O) groups excluding carboxylic acids is 1. The Labute approximate surface area is 210 Å². The van der Waals surface area contributed by atoms with Crippen molar-refractivity contribution in [3.8, 4) is 0 Å². The third kappa shape index (κ3) is 6.20. The first-order valence-corrected chi connectivity index (χ1v) is 14.3. The lowest BCUT2D eigenvalue weighted by molar-refractivity contribution is -0.130. The Morgan fingerprint density at radius 1 is 1.00 bits per heavy atom. The molecule has 9 nitrogen and oxygen atoms in total. The second kappa shape index (κ2) is 12.2. The molecule has 0 bridgehead atoms. The van der Waals surface area contributed by atoms with Crippen LogP contribution in [0.15, 0.2) is 0 Å². The Balaban J connectivity index is 1.09. The van der Waals surface area contributed by atoms with Crippen LogP contribution in [0.25, 0.3) is 0 Å². The van der Waals surface area contributed by atoms with Crippen molar-refractivity contribution in [3.63, 3.8) is 0 Å². The first-order chi connectivity index (χ1) is 17.1. The molecular weight excluding hydrogens is 444 g/mol. The first-order valence-electron chi connectivity index (χ1n) is 14.3. The van der Waals surface area contributed by atoms with Crippen molar-refractivity contribution in [1.29, 1.82) is 0 Å². The third-order valence-corrected chi connectivity index (χ3v) is 9.43. The van der Waals surface area contributed by atoms with Gasteiger partial charge in [-0.05, 0) is 51.5 Å². The summed E-state index contributed by atoms with van der Waals surface area (Å²) < 4.78 is 12.1. The lowest BCUT2D eigenvalue weighted by Gasteiger charge is -2.42. The van der Waals surface area contributed by atoms with Gasteiger partial charge >= 0.3 is 0 Å². The molecule has 0 aromatic rings. The molecular formula is C26H48N6O3. The number of carbonyl (C=O) groups is 1. The highest BCUT2D eigenvalue weighted by atomic mass is 16.5. The molecule has 3 saturated heterocycles. The maximum Gasteiger partial charge on any atom is 0.223 e. The van der Waals surface area contributed by atoms with E-state index in [1.165, 1.54) is 19.3 Å². The summed E-state index contributed by atoms with van der Waals surface area (Å²) in [5.74, 6) is 1.16. The Hall–Kier alpha value is -0.810. The highest BCUT2D eigenvalue weighted by Crippen LogP contribution is 2.34. The van der Waals surface area contributed by atoms with Crippen LogP contribution in [0.1, 0.15) is 64.2 Å². The summed E-state index contributed by atoms with van der Waals surface area (Å²) >= 11 is 0. The number of nitrogens with one attached hydrogen (secondary N) is 3. The van der Waals surface area contributed by atoms with Crippen LogP contribution in [0.3, 0.4) is 0 Å². The monoisotopic (exact) mass is 492 g/mol. The average molecular weight is 493 g/mol. The van der Waals surface area contributed by atoms with Gasteiger partial charge in [0.2, 0.25) is 5.91 Å². The van der Waals surface area contributed by atoms with Crippen LogP contribution in [0, 0.1) is 17.8 Å². The minimum Gasteiger partial charge on any atom is -0.378 e. The molecule has 0 radical (unpaired) electrons. The normalized spacial score (nSPS) is 41.8. The van der Waals surface area contributed by atoms with Gasteiger partial charge in [-0.3, -0.25) is 9.69 Å². The van der Waals surface area contributed by atoms with Crippen LogP contribution in [-0.2, 0) is 14.3 Å². The molecule has 1 amide bonds. The standard InChI is InChI=1S/C26H48N6O3/c27-24(32-11-13-35-23-15-29-10-8-20(23)25(32)28)16-30-18-5-3-4-17(14-18)26(33)31-21-9-12-34-22-7-2-1-6-19(21)22/h17-25,29-30H,1-16,27-28H2,(H,31,33)/t17?,18?,19?,20?,21-,22?,23?,24?,25?/m0/s1. The number of ether oxygens (including phenoxy) is 2. The fourth-order valence-electron chi connectivity index (χ4n) is 7.37. The molecule has 8 unspecified atom stereocenters. The molecule has 9 heteroatoms. The molecule has 3 heterocycles. The van der Waals surface area contributed by atoms with E-state index in [0.717, 1.165) is 71.2 Å². The van der Waals surface area contributed by atoms with Gasteiger partial charge in [-0.25, -0.2) is 0 Å². The zero-order valence-corrected chi connectivity index (χ0v) is 21.3. The number of nitrogens with zero attached hydrogens (tertiary/aromatic N) is 1. The SMILES string of the molecule is NC(CNC1CCCC(C(=O)N[C@H]2CCOC3CCCCC32)C1)N1CCOC2CNCCC2C1N. The summed E-state index contributed by atoms with van der Waals surface area (Å²) in [5.41, 5.74) is 13.3. The van der Waals surface area contributed by atoms with E-state index in [1.807, 2.05) is 0 Å². The molecule has 3 aliphatic heterocycles. The van der Waals surface area contributed by atoms with Crippen molar-refractivity contribution in [2.24, 2.45) is 29.2 Å². The number of nitrogens with two attached hydrogens (primary N) is 2. The van der Waals surface area contributed by atoms with Crippen molar-refractivity contribution in [2.75, 3.05) is 39.4 Å². The van der Waals surface area contributed by atoms with E-state index in [0.29, 0.717) is 37.1 Å². The van der Waals surface area contributed by atoms with E-state index >= 15 is 0 Å². The van der Waals surface area contributed by atoms with Crippen molar-refractivity contribution < 1.29 is 14.3 Å². The number of fused-ring (bicyclic) bond motifs is 2. The molecule has 0 aromatic carbocycles. The smallest absolute Gasteiger partial charge is 0.223 e. The fourth-order valence-corrected chi connectivity index (χ4v) is 7.37. The summed E-state index contributed by atoms with van der Waals surface area (Å²) in [7, 11) is 0. The average Bonchev–Trinajstić information content (AvgIpc) is 3.06. The first kappa shape index (κ1) is 25.8. The number of hydrogen-bond acceptors (Lipinski definition) is 8. The van der Waals surface area contributed by atoms with Gasteiger partial charge in [0.25, 0.3) is 0 Å². The van der Waals surface area contributed by atoms with E-state index in [4.69, 9.17) is 20.9 Å². The van der Waals surface area contributed by atoms with Gasteiger partial charge in [-0.1, -0.05) is 19.3 Å². The van der Waals surface area contributed by atoms with Gasteiger partial charge in [0.05, 0.1) is 31.1 Å². The van der Waals surface area contributed by atoms with Gasteiger partial charge in [0.15, 0.2) is 0 Å². The number of hydrogen-bond donors (Lipinski definition) is 5. The lowest BCUT2D eigenvalue weighted by Crippen LogP contribution is -2.61. The van der Waals surface area contributed by atoms with Gasteiger partial charge in [-0.2, -0.15) is 0 Å². The Bertz CT molecular complexity index is 696. The van der Waals surface area contributed by atoms with Crippen LogP contribution in [0.4, 0.5) is 0 Å². The molecule has 35 heavy (non-hydrogen) atoms. The molecule has 9 atom stereocenters.